The molecule has 0 fully saturated rings. The fourth-order valence-electron chi connectivity index (χ4n) is 3.87. The first-order valence-electron chi connectivity index (χ1n) is 12.8. The summed E-state index contributed by atoms with van der Waals surface area (Å²) in [6, 6.07) is 32.1. The fraction of sp³-hybridized carbons (Fsp3) is 0.152. The van der Waals surface area contributed by atoms with Gasteiger partial charge >= 0.3 is 0 Å². The summed E-state index contributed by atoms with van der Waals surface area (Å²) in [6.07, 6.45) is 1.48. The van der Waals surface area contributed by atoms with Gasteiger partial charge in [-0.1, -0.05) is 78.3 Å². The van der Waals surface area contributed by atoms with Gasteiger partial charge in [-0.25, -0.2) is 0 Å². The number of nitrogens with one attached hydrogen (secondary N) is 1. The molecule has 0 heterocycles. The molecule has 4 aromatic carbocycles. The van der Waals surface area contributed by atoms with E-state index in [0.717, 1.165) is 16.7 Å². The minimum atomic E-state index is -0.482. The van der Waals surface area contributed by atoms with E-state index in [1.54, 1.807) is 18.2 Å². The summed E-state index contributed by atoms with van der Waals surface area (Å²) in [6.45, 7) is 3.37. The smallest absolute Gasteiger partial charge is 0.262 e. The van der Waals surface area contributed by atoms with Crippen molar-refractivity contribution >= 4 is 23.6 Å². The molecular weight excluding hydrogens is 524 g/mol. The molecule has 0 aliphatic rings. The Morgan fingerprint density at radius 3 is 2.15 bits per heavy atom. The van der Waals surface area contributed by atoms with Crippen LogP contribution in [0.25, 0.3) is 6.08 Å². The fourth-order valence-corrected chi connectivity index (χ4v) is 4.05. The maximum absolute atomic E-state index is 12.7. The molecule has 0 saturated heterocycles. The SMILES string of the molecule is CCOc1cc(COc2ccc(Cl)cc2/C=C(\C#N)C(=O)NCc2ccccc2)ccc1OCc1ccccc1. The lowest BCUT2D eigenvalue weighted by Gasteiger charge is -2.15. The summed E-state index contributed by atoms with van der Waals surface area (Å²) in [4.78, 5) is 12.7. The molecule has 0 atom stereocenters. The number of hydrogen-bond donors (Lipinski definition) is 1. The normalized spacial score (nSPS) is 10.9. The van der Waals surface area contributed by atoms with E-state index >= 15 is 0 Å². The topological polar surface area (TPSA) is 80.6 Å². The Bertz CT molecular complexity index is 1500. The zero-order chi connectivity index (χ0) is 28.2. The van der Waals surface area contributed by atoms with E-state index < -0.39 is 5.91 Å². The number of carbonyl (C=O) groups excluding carboxylic acids is 1. The largest absolute Gasteiger partial charge is 0.490 e. The Kier molecular flexibility index (Phi) is 10.2. The molecule has 0 aliphatic heterocycles. The molecule has 0 aliphatic carbocycles. The molecule has 1 N–H and O–H groups in total. The Morgan fingerprint density at radius 2 is 1.45 bits per heavy atom. The lowest BCUT2D eigenvalue weighted by Crippen LogP contribution is -2.23. The third-order valence-corrected chi connectivity index (χ3v) is 6.11. The van der Waals surface area contributed by atoms with Crippen molar-refractivity contribution in [1.29, 1.82) is 5.26 Å². The number of halogens is 1. The van der Waals surface area contributed by atoms with Crippen LogP contribution in [0.15, 0.2) is 103 Å². The summed E-state index contributed by atoms with van der Waals surface area (Å²) in [5, 5.41) is 12.9. The van der Waals surface area contributed by atoms with Crippen LogP contribution < -0.4 is 19.5 Å². The standard InChI is InChI=1S/C33H29ClN2O4/c1-2-38-32-17-26(13-15-31(32)40-22-25-11-7-4-8-12-25)23-39-30-16-14-29(34)19-27(30)18-28(20-35)33(37)36-21-24-9-5-3-6-10-24/h3-19H,2,21-23H2,1H3,(H,36,37)/b28-18+. The number of benzene rings is 4. The quantitative estimate of drug-likeness (QED) is 0.149. The lowest BCUT2D eigenvalue weighted by molar-refractivity contribution is -0.117. The number of amides is 1. The number of hydrogen-bond acceptors (Lipinski definition) is 5. The van der Waals surface area contributed by atoms with Crippen LogP contribution in [0.2, 0.25) is 5.02 Å². The molecule has 1 amide bonds. The van der Waals surface area contributed by atoms with E-state index in [1.165, 1.54) is 6.08 Å². The first-order valence-corrected chi connectivity index (χ1v) is 13.2. The molecule has 0 radical (unpaired) electrons. The van der Waals surface area contributed by atoms with Crippen molar-refractivity contribution in [2.45, 2.75) is 26.7 Å². The maximum atomic E-state index is 12.7. The highest BCUT2D eigenvalue weighted by molar-refractivity contribution is 6.30. The van der Waals surface area contributed by atoms with Gasteiger partial charge in [0.05, 0.1) is 6.61 Å². The van der Waals surface area contributed by atoms with Crippen LogP contribution in [0.3, 0.4) is 0 Å². The van der Waals surface area contributed by atoms with Gasteiger partial charge in [0.15, 0.2) is 11.5 Å². The molecule has 4 rings (SSSR count). The molecule has 0 saturated carbocycles. The van der Waals surface area contributed by atoms with E-state index in [0.29, 0.717) is 47.6 Å². The first kappa shape index (κ1) is 28.3. The summed E-state index contributed by atoms with van der Waals surface area (Å²) in [5.41, 5.74) is 3.32. The van der Waals surface area contributed by atoms with Gasteiger partial charge < -0.3 is 19.5 Å². The van der Waals surface area contributed by atoms with Gasteiger partial charge in [-0.2, -0.15) is 5.26 Å². The van der Waals surface area contributed by atoms with Crippen LogP contribution in [0, 0.1) is 11.3 Å². The molecule has 4 aromatic rings. The summed E-state index contributed by atoms with van der Waals surface area (Å²) in [7, 11) is 0. The third-order valence-electron chi connectivity index (χ3n) is 5.87. The predicted molar refractivity (Wildman–Crippen MR) is 156 cm³/mol. The average Bonchev–Trinajstić information content (AvgIpc) is 2.99. The van der Waals surface area contributed by atoms with E-state index in [-0.39, 0.29) is 12.2 Å². The Hall–Kier alpha value is -4.73. The highest BCUT2D eigenvalue weighted by atomic mass is 35.5. The molecule has 7 heteroatoms. The summed E-state index contributed by atoms with van der Waals surface area (Å²) < 4.78 is 17.9. The molecule has 202 valence electrons. The number of ether oxygens (including phenoxy) is 3. The van der Waals surface area contributed by atoms with E-state index in [4.69, 9.17) is 25.8 Å². The number of rotatable bonds is 12. The van der Waals surface area contributed by atoms with Crippen LogP contribution >= 0.6 is 11.6 Å². The van der Waals surface area contributed by atoms with Gasteiger partial charge in [0.1, 0.15) is 30.6 Å². The van der Waals surface area contributed by atoms with Crippen LogP contribution in [0.1, 0.15) is 29.2 Å². The number of nitrogens with zero attached hydrogens (tertiary/aromatic N) is 1. The molecule has 0 spiro atoms. The zero-order valence-corrected chi connectivity index (χ0v) is 22.9. The Labute approximate surface area is 239 Å². The maximum Gasteiger partial charge on any atom is 0.262 e. The second-order valence-corrected chi connectivity index (χ2v) is 9.23. The second kappa shape index (κ2) is 14.4. The second-order valence-electron chi connectivity index (χ2n) is 8.80. The molecular formula is C33H29ClN2O4. The van der Waals surface area contributed by atoms with E-state index in [2.05, 4.69) is 5.32 Å². The van der Waals surface area contributed by atoms with Crippen LogP contribution in [0.4, 0.5) is 0 Å². The summed E-state index contributed by atoms with van der Waals surface area (Å²) in [5.74, 6) is 1.27. The zero-order valence-electron chi connectivity index (χ0n) is 22.1. The Balaban J connectivity index is 1.46. The van der Waals surface area contributed by atoms with Gasteiger partial charge in [0.2, 0.25) is 0 Å². The Morgan fingerprint density at radius 1 is 0.800 bits per heavy atom. The van der Waals surface area contributed by atoms with Crippen LogP contribution in [0.5, 0.6) is 17.2 Å². The van der Waals surface area contributed by atoms with Crippen LogP contribution in [-0.2, 0) is 24.6 Å². The van der Waals surface area contributed by atoms with Gasteiger partial charge in [-0.15, -0.1) is 0 Å². The van der Waals surface area contributed by atoms with Crippen molar-refractivity contribution in [1.82, 2.24) is 5.32 Å². The van der Waals surface area contributed by atoms with Gasteiger partial charge in [0.25, 0.3) is 5.91 Å². The average molecular weight is 553 g/mol. The monoisotopic (exact) mass is 552 g/mol. The van der Waals surface area contributed by atoms with Crippen LogP contribution in [-0.4, -0.2) is 12.5 Å². The van der Waals surface area contributed by atoms with Gasteiger partial charge in [0, 0.05) is 17.1 Å². The number of nitriles is 1. The third kappa shape index (κ3) is 8.13. The molecule has 40 heavy (non-hydrogen) atoms. The summed E-state index contributed by atoms with van der Waals surface area (Å²) >= 11 is 6.23. The molecule has 6 nitrogen and oxygen atoms in total. The van der Waals surface area contributed by atoms with Gasteiger partial charge in [-0.3, -0.25) is 4.79 Å². The molecule has 0 bridgehead atoms. The van der Waals surface area contributed by atoms with Crippen molar-refractivity contribution in [2.75, 3.05) is 6.61 Å². The van der Waals surface area contributed by atoms with Crippen molar-refractivity contribution in [3.63, 3.8) is 0 Å². The molecule has 0 aromatic heterocycles. The number of carbonyl (C=O) groups is 1. The molecule has 0 unspecified atom stereocenters. The predicted octanol–water partition coefficient (Wildman–Crippen LogP) is 7.12. The minimum Gasteiger partial charge on any atom is -0.490 e. The first-order chi connectivity index (χ1) is 19.6. The minimum absolute atomic E-state index is 0.0541. The van der Waals surface area contributed by atoms with Crippen molar-refractivity contribution < 1.29 is 19.0 Å². The van der Waals surface area contributed by atoms with Crippen molar-refractivity contribution in [3.05, 3.63) is 130 Å². The van der Waals surface area contributed by atoms with Crippen molar-refractivity contribution in [2.24, 2.45) is 0 Å². The van der Waals surface area contributed by atoms with E-state index in [1.807, 2.05) is 91.9 Å². The highest BCUT2D eigenvalue weighted by Gasteiger charge is 2.13. The van der Waals surface area contributed by atoms with Crippen molar-refractivity contribution in [3.8, 4) is 23.3 Å². The highest BCUT2D eigenvalue weighted by Crippen LogP contribution is 2.31. The van der Waals surface area contributed by atoms with E-state index in [9.17, 15) is 10.1 Å². The lowest BCUT2D eigenvalue weighted by atomic mass is 10.1. The van der Waals surface area contributed by atoms with Gasteiger partial charge in [-0.05, 0) is 60.0 Å².